The number of rotatable bonds is 2. The molecule has 5 heteroatoms. The number of aromatic amines is 1. The van der Waals surface area contributed by atoms with Gasteiger partial charge in [-0.15, -0.1) is 0 Å². The van der Waals surface area contributed by atoms with Gasteiger partial charge in [-0.25, -0.2) is 9.18 Å². The van der Waals surface area contributed by atoms with Crippen LogP contribution in [-0.2, 0) is 4.74 Å². The van der Waals surface area contributed by atoms with Gasteiger partial charge in [0.2, 0.25) is 0 Å². The van der Waals surface area contributed by atoms with E-state index in [0.29, 0.717) is 21.1 Å². The zero-order valence-electron chi connectivity index (χ0n) is 9.38. The Morgan fingerprint density at radius 2 is 2.12 bits per heavy atom. The van der Waals surface area contributed by atoms with Crippen LogP contribution in [0.25, 0.3) is 10.9 Å². The number of carbonyl (C=O) groups excluding carboxylic acids is 1. The first-order chi connectivity index (χ1) is 7.97. The van der Waals surface area contributed by atoms with Crippen molar-refractivity contribution in [1.29, 1.82) is 0 Å². The lowest BCUT2D eigenvalue weighted by molar-refractivity contribution is 0.0372. The van der Waals surface area contributed by atoms with Gasteiger partial charge in [-0.2, -0.15) is 0 Å². The second-order valence-electron chi connectivity index (χ2n) is 3.99. The molecule has 90 valence electrons. The second-order valence-corrected chi connectivity index (χ2v) is 4.84. The monoisotopic (exact) mass is 299 g/mol. The summed E-state index contributed by atoms with van der Waals surface area (Å²) in [4.78, 5) is 14.5. The summed E-state index contributed by atoms with van der Waals surface area (Å²) < 4.78 is 18.7. The maximum Gasteiger partial charge on any atom is 0.355 e. The topological polar surface area (TPSA) is 42.1 Å². The molecule has 0 fully saturated rings. The van der Waals surface area contributed by atoms with Crippen LogP contribution in [0.15, 0.2) is 22.7 Å². The maximum absolute atomic E-state index is 13.3. The van der Waals surface area contributed by atoms with Gasteiger partial charge in [0.1, 0.15) is 11.5 Å². The molecule has 1 aromatic carbocycles. The van der Waals surface area contributed by atoms with E-state index < -0.39 is 5.97 Å². The van der Waals surface area contributed by atoms with Crippen molar-refractivity contribution in [3.8, 4) is 0 Å². The van der Waals surface area contributed by atoms with Crippen molar-refractivity contribution in [3.05, 3.63) is 34.2 Å². The third-order valence-corrected chi connectivity index (χ3v) is 2.83. The molecule has 0 amide bonds. The molecule has 0 saturated carbocycles. The molecule has 2 rings (SSSR count). The van der Waals surface area contributed by atoms with Gasteiger partial charge in [0.25, 0.3) is 0 Å². The highest BCUT2D eigenvalue weighted by molar-refractivity contribution is 9.10. The molecule has 0 unspecified atom stereocenters. The van der Waals surface area contributed by atoms with Crippen molar-refractivity contribution < 1.29 is 13.9 Å². The van der Waals surface area contributed by atoms with Crippen LogP contribution in [0.3, 0.4) is 0 Å². The van der Waals surface area contributed by atoms with Crippen molar-refractivity contribution in [1.82, 2.24) is 4.98 Å². The number of aromatic nitrogens is 1. The van der Waals surface area contributed by atoms with E-state index in [0.717, 1.165) is 0 Å². The number of hydrogen-bond acceptors (Lipinski definition) is 2. The Morgan fingerprint density at radius 1 is 1.41 bits per heavy atom. The standard InChI is InChI=1S/C12H11BrFNO2/c1-6(2)17-12(16)11-4-7-3-9(14)8(13)5-10(7)15-11/h3-6,15H,1-2H3. The number of ether oxygens (including phenoxy) is 1. The van der Waals surface area contributed by atoms with E-state index in [9.17, 15) is 9.18 Å². The zero-order chi connectivity index (χ0) is 12.6. The highest BCUT2D eigenvalue weighted by Crippen LogP contribution is 2.24. The SMILES string of the molecule is CC(C)OC(=O)c1cc2cc(F)c(Br)cc2[nH]1. The summed E-state index contributed by atoms with van der Waals surface area (Å²) in [5.74, 6) is -0.798. The number of benzene rings is 1. The molecule has 0 aliphatic rings. The lowest BCUT2D eigenvalue weighted by Gasteiger charge is -2.05. The van der Waals surface area contributed by atoms with E-state index in [2.05, 4.69) is 20.9 Å². The van der Waals surface area contributed by atoms with E-state index in [1.54, 1.807) is 26.0 Å². The molecule has 0 atom stereocenters. The van der Waals surface area contributed by atoms with Gasteiger partial charge in [-0.1, -0.05) is 0 Å². The van der Waals surface area contributed by atoms with Crippen molar-refractivity contribution in [2.24, 2.45) is 0 Å². The Bertz CT molecular complexity index is 538. The van der Waals surface area contributed by atoms with E-state index >= 15 is 0 Å². The first-order valence-electron chi connectivity index (χ1n) is 5.16. The van der Waals surface area contributed by atoms with E-state index in [-0.39, 0.29) is 11.9 Å². The molecule has 17 heavy (non-hydrogen) atoms. The summed E-state index contributed by atoms with van der Waals surface area (Å²) >= 11 is 3.09. The molecular weight excluding hydrogens is 289 g/mol. The van der Waals surface area contributed by atoms with Crippen LogP contribution in [0.2, 0.25) is 0 Å². The van der Waals surface area contributed by atoms with E-state index in [4.69, 9.17) is 4.74 Å². The Hall–Kier alpha value is -1.36. The molecule has 0 bridgehead atoms. The van der Waals surface area contributed by atoms with Gasteiger partial charge in [-0.05, 0) is 48.0 Å². The van der Waals surface area contributed by atoms with Crippen LogP contribution in [0.5, 0.6) is 0 Å². The molecule has 0 aliphatic carbocycles. The minimum Gasteiger partial charge on any atom is -0.458 e. The fourth-order valence-corrected chi connectivity index (χ4v) is 1.86. The first kappa shape index (κ1) is 12.1. The highest BCUT2D eigenvalue weighted by atomic mass is 79.9. The van der Waals surface area contributed by atoms with E-state index in [1.165, 1.54) is 6.07 Å². The summed E-state index contributed by atoms with van der Waals surface area (Å²) in [6, 6.07) is 4.54. The largest absolute Gasteiger partial charge is 0.458 e. The lowest BCUT2D eigenvalue weighted by atomic mass is 10.2. The zero-order valence-corrected chi connectivity index (χ0v) is 11.0. The van der Waals surface area contributed by atoms with Crippen molar-refractivity contribution >= 4 is 32.8 Å². The number of nitrogens with one attached hydrogen (secondary N) is 1. The van der Waals surface area contributed by atoms with Crippen LogP contribution in [0, 0.1) is 5.82 Å². The van der Waals surface area contributed by atoms with Crippen molar-refractivity contribution in [3.63, 3.8) is 0 Å². The molecule has 1 heterocycles. The van der Waals surface area contributed by atoms with Crippen LogP contribution in [-0.4, -0.2) is 17.1 Å². The third-order valence-electron chi connectivity index (χ3n) is 2.22. The molecule has 0 aliphatic heterocycles. The summed E-state index contributed by atoms with van der Waals surface area (Å²) in [5.41, 5.74) is 1.01. The number of halogens is 2. The van der Waals surface area contributed by atoms with Gasteiger partial charge < -0.3 is 9.72 Å². The van der Waals surface area contributed by atoms with Crippen LogP contribution < -0.4 is 0 Å². The average molecular weight is 300 g/mol. The van der Waals surface area contributed by atoms with Gasteiger partial charge in [0.15, 0.2) is 0 Å². The summed E-state index contributed by atoms with van der Waals surface area (Å²) in [7, 11) is 0. The molecule has 2 aromatic rings. The highest BCUT2D eigenvalue weighted by Gasteiger charge is 2.13. The average Bonchev–Trinajstić information content (AvgIpc) is 2.60. The number of carbonyl (C=O) groups is 1. The van der Waals surface area contributed by atoms with Crippen LogP contribution in [0.4, 0.5) is 4.39 Å². The Kier molecular flexibility index (Phi) is 3.19. The summed E-state index contributed by atoms with van der Waals surface area (Å²) in [5, 5.41) is 0.640. The quantitative estimate of drug-likeness (QED) is 0.860. The van der Waals surface area contributed by atoms with Gasteiger partial charge in [-0.3, -0.25) is 0 Å². The summed E-state index contributed by atoms with van der Waals surface area (Å²) in [6.45, 7) is 3.55. The number of esters is 1. The fraction of sp³-hybridized carbons (Fsp3) is 0.250. The van der Waals surface area contributed by atoms with Crippen molar-refractivity contribution in [2.75, 3.05) is 0 Å². The molecule has 0 saturated heterocycles. The predicted molar refractivity (Wildman–Crippen MR) is 66.5 cm³/mol. The summed E-state index contributed by atoms with van der Waals surface area (Å²) in [6.07, 6.45) is -0.183. The molecule has 0 spiro atoms. The van der Waals surface area contributed by atoms with E-state index in [1.807, 2.05) is 0 Å². The molecule has 3 nitrogen and oxygen atoms in total. The van der Waals surface area contributed by atoms with Crippen molar-refractivity contribution in [2.45, 2.75) is 20.0 Å². The molecule has 1 aromatic heterocycles. The Labute approximate surface area is 106 Å². The number of H-pyrrole nitrogens is 1. The minimum atomic E-state index is -0.437. The van der Waals surface area contributed by atoms with Gasteiger partial charge in [0, 0.05) is 10.9 Å². The van der Waals surface area contributed by atoms with Crippen LogP contribution >= 0.6 is 15.9 Å². The van der Waals surface area contributed by atoms with Gasteiger partial charge in [0.05, 0.1) is 10.6 Å². The van der Waals surface area contributed by atoms with Crippen LogP contribution in [0.1, 0.15) is 24.3 Å². The Morgan fingerprint density at radius 3 is 2.76 bits per heavy atom. The molecule has 0 radical (unpaired) electrons. The lowest BCUT2D eigenvalue weighted by Crippen LogP contribution is -2.11. The van der Waals surface area contributed by atoms with Gasteiger partial charge >= 0.3 is 5.97 Å². The Balaban J connectivity index is 2.41. The first-order valence-corrected chi connectivity index (χ1v) is 5.95. The maximum atomic E-state index is 13.3. The fourth-order valence-electron chi connectivity index (χ4n) is 1.51. The smallest absolute Gasteiger partial charge is 0.355 e. The molecular formula is C12H11BrFNO2. The third kappa shape index (κ3) is 2.49. The predicted octanol–water partition coefficient (Wildman–Crippen LogP) is 3.63. The number of fused-ring (bicyclic) bond motifs is 1. The second kappa shape index (κ2) is 4.49. The minimum absolute atomic E-state index is 0.183. The normalized spacial score (nSPS) is 11.1. The molecule has 1 N–H and O–H groups in total. The number of hydrogen-bond donors (Lipinski definition) is 1.